The third-order valence-corrected chi connectivity index (χ3v) is 17.9. The Bertz CT molecular complexity index is 3710. The highest BCUT2D eigenvalue weighted by Gasteiger charge is 2.55. The van der Waals surface area contributed by atoms with E-state index in [9.17, 15) is 0 Å². The first-order valence-electron chi connectivity index (χ1n) is 24.3. The molecule has 0 amide bonds. The molecule has 2 aromatic heterocycles. The van der Waals surface area contributed by atoms with Gasteiger partial charge in [-0.3, -0.25) is 0 Å². The second-order valence-corrected chi connectivity index (χ2v) is 23.7. The van der Waals surface area contributed by atoms with Gasteiger partial charge in [-0.05, 0) is 139 Å². The molecule has 320 valence electrons. The summed E-state index contributed by atoms with van der Waals surface area (Å²) in [5.74, 6) is 0. The van der Waals surface area contributed by atoms with E-state index in [4.69, 9.17) is 4.42 Å². The maximum Gasteiger partial charge on any atom is 0.329 e. The van der Waals surface area contributed by atoms with Crippen molar-refractivity contribution >= 4 is 83.9 Å². The van der Waals surface area contributed by atoms with E-state index in [1.807, 2.05) is 0 Å². The Hall–Kier alpha value is -6.00. The molecule has 14 rings (SSSR count). The molecule has 0 bridgehead atoms. The summed E-state index contributed by atoms with van der Waals surface area (Å²) < 4.78 is 10.1. The number of rotatable bonds is 1. The van der Waals surface area contributed by atoms with Crippen LogP contribution in [0.4, 0.5) is 11.4 Å². The molecule has 0 spiro atoms. The Kier molecular flexibility index (Phi) is 6.99. The average Bonchev–Trinajstić information content (AvgIpc) is 3.91. The normalized spacial score (nSPS) is 20.1. The second kappa shape index (κ2) is 11.9. The first-order valence-corrected chi connectivity index (χ1v) is 24.3. The zero-order valence-corrected chi connectivity index (χ0v) is 39.7. The van der Waals surface area contributed by atoms with Crippen LogP contribution in [0.15, 0.2) is 125 Å². The van der Waals surface area contributed by atoms with Crippen molar-refractivity contribution in [3.05, 3.63) is 154 Å². The van der Waals surface area contributed by atoms with Crippen LogP contribution in [0.1, 0.15) is 128 Å². The summed E-state index contributed by atoms with van der Waals surface area (Å²) >= 11 is 0. The average molecular weight is 845 g/mol. The molecular formula is C61H57BN2O. The molecule has 0 saturated heterocycles. The van der Waals surface area contributed by atoms with Crippen molar-refractivity contribution in [2.45, 2.75) is 122 Å². The predicted molar refractivity (Wildman–Crippen MR) is 276 cm³/mol. The molecule has 0 unspecified atom stereocenters. The van der Waals surface area contributed by atoms with Gasteiger partial charge in [0.25, 0.3) is 0 Å². The minimum atomic E-state index is -0.306. The summed E-state index contributed by atoms with van der Waals surface area (Å²) in [6.07, 6.45) is 4.71. The van der Waals surface area contributed by atoms with Crippen LogP contribution in [-0.2, 0) is 27.1 Å². The summed E-state index contributed by atoms with van der Waals surface area (Å²) in [7, 11) is 0. The van der Waals surface area contributed by atoms with Crippen molar-refractivity contribution in [3.8, 4) is 11.1 Å². The van der Waals surface area contributed by atoms with Gasteiger partial charge in [-0.2, -0.15) is 0 Å². The van der Waals surface area contributed by atoms with E-state index in [1.165, 1.54) is 135 Å². The summed E-state index contributed by atoms with van der Waals surface area (Å²) in [6, 6.07) is 45.0. The Morgan fingerprint density at radius 3 is 1.91 bits per heavy atom. The highest BCUT2D eigenvalue weighted by atomic mass is 16.3. The van der Waals surface area contributed by atoms with Crippen molar-refractivity contribution in [2.75, 3.05) is 4.90 Å². The van der Waals surface area contributed by atoms with Gasteiger partial charge in [-0.15, -0.1) is 0 Å². The Morgan fingerprint density at radius 2 is 1.15 bits per heavy atom. The van der Waals surface area contributed by atoms with Crippen molar-refractivity contribution in [3.63, 3.8) is 0 Å². The first-order chi connectivity index (χ1) is 31.0. The van der Waals surface area contributed by atoms with Gasteiger partial charge >= 0.3 is 6.85 Å². The number of allylic oxidation sites excluding steroid dienone is 1. The van der Waals surface area contributed by atoms with Gasteiger partial charge in [0.15, 0.2) is 5.58 Å². The van der Waals surface area contributed by atoms with E-state index in [2.05, 4.69) is 194 Å². The second-order valence-electron chi connectivity index (χ2n) is 23.7. The molecule has 9 aromatic rings. The van der Waals surface area contributed by atoms with E-state index in [0.717, 1.165) is 17.6 Å². The molecule has 4 heterocycles. The van der Waals surface area contributed by atoms with Gasteiger partial charge in [0, 0.05) is 60.5 Å². The van der Waals surface area contributed by atoms with Crippen LogP contribution >= 0.6 is 0 Å². The van der Waals surface area contributed by atoms with Gasteiger partial charge in [0.05, 0.1) is 5.69 Å². The van der Waals surface area contributed by atoms with Crippen LogP contribution in [-0.4, -0.2) is 11.3 Å². The Balaban J connectivity index is 1.20. The van der Waals surface area contributed by atoms with Gasteiger partial charge in [-0.1, -0.05) is 148 Å². The van der Waals surface area contributed by atoms with Crippen LogP contribution in [0.2, 0.25) is 0 Å². The lowest BCUT2D eigenvalue weighted by molar-refractivity contribution is 0.331. The number of fused-ring (bicyclic) bond motifs is 16. The molecule has 0 radical (unpaired) electrons. The van der Waals surface area contributed by atoms with Gasteiger partial charge in [0.1, 0.15) is 5.58 Å². The van der Waals surface area contributed by atoms with E-state index in [1.54, 1.807) is 0 Å². The zero-order chi connectivity index (χ0) is 44.5. The van der Waals surface area contributed by atoms with Crippen LogP contribution in [0, 0.1) is 0 Å². The van der Waals surface area contributed by atoms with Gasteiger partial charge in [0.2, 0.25) is 0 Å². The quantitative estimate of drug-likeness (QED) is 0.154. The fourth-order valence-corrected chi connectivity index (χ4v) is 14.0. The van der Waals surface area contributed by atoms with Crippen molar-refractivity contribution in [1.82, 2.24) is 4.48 Å². The largest absolute Gasteiger partial charge is 0.454 e. The molecule has 0 saturated carbocycles. The van der Waals surface area contributed by atoms with Crippen LogP contribution in [0.25, 0.3) is 71.3 Å². The fourth-order valence-electron chi connectivity index (χ4n) is 14.0. The lowest BCUT2D eigenvalue weighted by atomic mass is 9.40. The molecule has 0 atom stereocenters. The van der Waals surface area contributed by atoms with Crippen LogP contribution in [0.3, 0.4) is 0 Å². The topological polar surface area (TPSA) is 21.3 Å². The molecule has 7 aromatic carbocycles. The number of benzene rings is 7. The minimum Gasteiger partial charge on any atom is -0.454 e. The van der Waals surface area contributed by atoms with Crippen molar-refractivity contribution in [1.29, 1.82) is 0 Å². The molecule has 3 aliphatic carbocycles. The molecule has 5 aliphatic rings. The van der Waals surface area contributed by atoms with Crippen LogP contribution in [0.5, 0.6) is 0 Å². The third-order valence-electron chi connectivity index (χ3n) is 17.9. The smallest absolute Gasteiger partial charge is 0.329 e. The van der Waals surface area contributed by atoms with Crippen LogP contribution < -0.4 is 10.4 Å². The molecule has 0 N–H and O–H groups in total. The molecule has 65 heavy (non-hydrogen) atoms. The third kappa shape index (κ3) is 4.64. The molecule has 0 fully saturated rings. The summed E-state index contributed by atoms with van der Waals surface area (Å²) in [5.41, 5.74) is 22.5. The Morgan fingerprint density at radius 1 is 0.508 bits per heavy atom. The number of nitrogens with zero attached hydrogens (tertiary/aromatic N) is 2. The molecule has 4 heteroatoms. The van der Waals surface area contributed by atoms with E-state index < -0.39 is 0 Å². The predicted octanol–water partition coefficient (Wildman–Crippen LogP) is 15.7. The van der Waals surface area contributed by atoms with E-state index >= 15 is 0 Å². The lowest BCUT2D eigenvalue weighted by Crippen LogP contribution is -2.52. The summed E-state index contributed by atoms with van der Waals surface area (Å²) in [4.78, 5) is 2.72. The Labute approximate surface area is 383 Å². The van der Waals surface area contributed by atoms with Gasteiger partial charge < -0.3 is 13.8 Å². The number of hydrogen-bond acceptors (Lipinski definition) is 2. The fraction of sp³-hybridized carbons (Fsp3) is 0.311. The van der Waals surface area contributed by atoms with Crippen molar-refractivity contribution in [2.24, 2.45) is 0 Å². The number of hydrogen-bond donors (Lipinski definition) is 0. The lowest BCUT2D eigenvalue weighted by Gasteiger charge is -2.45. The maximum atomic E-state index is 7.31. The number of furan rings is 1. The van der Waals surface area contributed by atoms with E-state index in [0.29, 0.717) is 0 Å². The van der Waals surface area contributed by atoms with Crippen molar-refractivity contribution < 1.29 is 4.42 Å². The number of para-hydroxylation sites is 2. The first kappa shape index (κ1) is 38.3. The summed E-state index contributed by atoms with van der Waals surface area (Å²) in [6.45, 7) is 24.8. The standard InChI is InChI=1S/C61H57BN2O/c1-57(2)26-27-58(3,4)45-30-35(23-24-43(45)57)63-53-42-32-46-47(60(7,8)29-28-59(46,5)6)33-44(42)61(9,10)56(53)62-51-40(31-41-37-18-13-14-21-49(37)65-55(41)54(51)63)38-19-15-20-39-50-36-17-12-11-16-34(36)22-25-48(50)64(62)52(38)39/h11-25,30-33H,26-29H2,1-10H3. The number of anilines is 2. The SMILES string of the molecule is CC1(C)CCC(C)(C)c2cc(N3C4=C(B5c6c(cc7c(oc8ccccc87)c63)-c3cccc6c7c8ccccc8ccc7n5c36)C(C)(C)c3cc5c(cc34)C(C)(C)CCC5(C)C)ccc21. The highest BCUT2D eigenvalue weighted by Crippen LogP contribution is 2.61. The number of aromatic nitrogens is 1. The summed E-state index contributed by atoms with van der Waals surface area (Å²) in [5, 5.41) is 7.62. The molecule has 3 nitrogen and oxygen atoms in total. The zero-order valence-electron chi connectivity index (χ0n) is 39.7. The maximum absolute atomic E-state index is 7.31. The monoisotopic (exact) mass is 844 g/mol. The minimum absolute atomic E-state index is 0.0418. The van der Waals surface area contributed by atoms with E-state index in [-0.39, 0.29) is 33.9 Å². The molecular weight excluding hydrogens is 787 g/mol. The van der Waals surface area contributed by atoms with Gasteiger partial charge in [-0.25, -0.2) is 0 Å². The highest BCUT2D eigenvalue weighted by molar-refractivity contribution is 6.86. The molecule has 2 aliphatic heterocycles.